The molecule has 0 amide bonds. The Morgan fingerprint density at radius 3 is 2.58 bits per heavy atom. The van der Waals surface area contributed by atoms with Crippen molar-refractivity contribution in [3.63, 3.8) is 0 Å². The molecule has 2 N–H and O–H groups in total. The van der Waals surface area contributed by atoms with Crippen LogP contribution in [0.4, 0.5) is 0 Å². The molecular formula is C17H21N3O6. The molecule has 4 rings (SSSR count). The lowest BCUT2D eigenvalue weighted by Crippen LogP contribution is -2.54. The zero-order valence-corrected chi connectivity index (χ0v) is 15.1. The van der Waals surface area contributed by atoms with Gasteiger partial charge in [0.1, 0.15) is 0 Å². The minimum atomic E-state index is -0.979. The molecule has 9 nitrogen and oxygen atoms in total. The van der Waals surface area contributed by atoms with E-state index in [1.54, 1.807) is 6.92 Å². The average Bonchev–Trinajstić information content (AvgIpc) is 3.02. The highest BCUT2D eigenvalue weighted by Crippen LogP contribution is 2.60. The van der Waals surface area contributed by atoms with Crippen LogP contribution in [0.3, 0.4) is 0 Å². The number of hydrogen-bond acceptors (Lipinski definition) is 9. The summed E-state index contributed by atoms with van der Waals surface area (Å²) in [7, 11) is 4.84. The first-order valence-corrected chi connectivity index (χ1v) is 8.37. The van der Waals surface area contributed by atoms with Crippen molar-refractivity contribution in [2.75, 3.05) is 27.8 Å². The maximum absolute atomic E-state index is 13.1. The molecule has 0 spiro atoms. The highest BCUT2D eigenvalue weighted by Gasteiger charge is 2.75. The zero-order valence-electron chi connectivity index (χ0n) is 15.1. The molecule has 0 aromatic carbocycles. The van der Waals surface area contributed by atoms with Crippen LogP contribution in [-0.4, -0.2) is 73.0 Å². The molecule has 9 heteroatoms. The average molecular weight is 363 g/mol. The minimum Gasteiger partial charge on any atom is -0.492 e. The van der Waals surface area contributed by atoms with Gasteiger partial charge in [-0.15, -0.1) is 0 Å². The predicted octanol–water partition coefficient (Wildman–Crippen LogP) is -0.910. The van der Waals surface area contributed by atoms with Gasteiger partial charge in [0.15, 0.2) is 11.5 Å². The molecule has 0 aromatic heterocycles. The summed E-state index contributed by atoms with van der Waals surface area (Å²) < 4.78 is 11.1. The molecule has 26 heavy (non-hydrogen) atoms. The Labute approximate surface area is 150 Å². The van der Waals surface area contributed by atoms with Crippen LogP contribution in [0.1, 0.15) is 13.3 Å². The Bertz CT molecular complexity index is 802. The van der Waals surface area contributed by atoms with Crippen molar-refractivity contribution in [3.05, 3.63) is 22.6 Å². The number of nitrogens with two attached hydrogens (primary N) is 1. The van der Waals surface area contributed by atoms with E-state index in [1.807, 2.05) is 11.9 Å². The second kappa shape index (κ2) is 5.38. The molecule has 140 valence electrons. The maximum Gasteiger partial charge on any atom is 0.325 e. The van der Waals surface area contributed by atoms with E-state index in [2.05, 4.69) is 9.74 Å². The van der Waals surface area contributed by atoms with Gasteiger partial charge in [-0.2, -0.15) is 5.90 Å². The summed E-state index contributed by atoms with van der Waals surface area (Å²) in [4.78, 5) is 46.4. The van der Waals surface area contributed by atoms with E-state index in [1.165, 1.54) is 14.2 Å². The number of piperazine rings is 1. The fourth-order valence-corrected chi connectivity index (χ4v) is 5.03. The summed E-state index contributed by atoms with van der Waals surface area (Å²) in [6.45, 7) is 2.12. The van der Waals surface area contributed by atoms with Gasteiger partial charge in [0.2, 0.25) is 11.6 Å². The highest BCUT2D eigenvalue weighted by atomic mass is 16.7. The Morgan fingerprint density at radius 1 is 1.31 bits per heavy atom. The number of ether oxygens (including phenoxy) is 2. The lowest BCUT2D eigenvalue weighted by Gasteiger charge is -2.40. The number of hydrogen-bond donors (Lipinski definition) is 1. The number of carbonyl (C=O) groups is 3. The van der Waals surface area contributed by atoms with Crippen LogP contribution in [-0.2, 0) is 28.7 Å². The SMILES string of the molecule is COC1=C(C)C(=O)C2=C(C1=O)[C@@H](CC(=O)ON)[C@@]1(OC)[C@@H]3[C@H](CN21)N3C. The number of ketones is 2. The van der Waals surface area contributed by atoms with Crippen molar-refractivity contribution in [1.29, 1.82) is 0 Å². The molecule has 0 saturated carbocycles. The fourth-order valence-electron chi connectivity index (χ4n) is 5.03. The largest absolute Gasteiger partial charge is 0.492 e. The molecule has 0 radical (unpaired) electrons. The normalized spacial score (nSPS) is 37.7. The van der Waals surface area contributed by atoms with E-state index in [4.69, 9.17) is 15.4 Å². The first-order chi connectivity index (χ1) is 12.3. The number of fused-ring (bicyclic) bond motifs is 4. The second-order valence-electron chi connectivity index (χ2n) is 7.07. The van der Waals surface area contributed by atoms with Crippen LogP contribution in [0.25, 0.3) is 0 Å². The molecule has 5 atom stereocenters. The van der Waals surface area contributed by atoms with Crippen LogP contribution in [0.2, 0.25) is 0 Å². The lowest BCUT2D eigenvalue weighted by molar-refractivity contribution is -0.157. The first kappa shape index (κ1) is 17.2. The Balaban J connectivity index is 1.88. The van der Waals surface area contributed by atoms with Crippen molar-refractivity contribution in [2.45, 2.75) is 31.2 Å². The van der Waals surface area contributed by atoms with Crippen molar-refractivity contribution in [1.82, 2.24) is 9.80 Å². The third-order valence-electron chi connectivity index (χ3n) is 6.21. The zero-order chi connectivity index (χ0) is 19.0. The van der Waals surface area contributed by atoms with Crippen LogP contribution in [0.15, 0.2) is 22.6 Å². The van der Waals surface area contributed by atoms with E-state index < -0.39 is 17.6 Å². The van der Waals surface area contributed by atoms with Gasteiger partial charge in [0.25, 0.3) is 0 Å². The van der Waals surface area contributed by atoms with Crippen molar-refractivity contribution in [2.24, 2.45) is 11.8 Å². The molecule has 3 heterocycles. The van der Waals surface area contributed by atoms with Gasteiger partial charge >= 0.3 is 5.97 Å². The van der Waals surface area contributed by atoms with Crippen LogP contribution in [0.5, 0.6) is 0 Å². The second-order valence-corrected chi connectivity index (χ2v) is 7.07. The Kier molecular flexibility index (Phi) is 3.56. The number of likely N-dealkylation sites (N-methyl/N-ethyl adjacent to an activating group) is 1. The number of Topliss-reactive ketones (excluding diaryl/α,β-unsaturated/α-hetero) is 2. The number of rotatable bonds is 4. The van der Waals surface area contributed by atoms with Crippen LogP contribution >= 0.6 is 0 Å². The van der Waals surface area contributed by atoms with E-state index in [-0.39, 0.29) is 47.0 Å². The molecule has 3 aliphatic heterocycles. The molecule has 0 bridgehead atoms. The van der Waals surface area contributed by atoms with E-state index in [0.29, 0.717) is 12.2 Å². The first-order valence-electron chi connectivity index (χ1n) is 8.37. The summed E-state index contributed by atoms with van der Waals surface area (Å²) in [6, 6.07) is 0.178. The van der Waals surface area contributed by atoms with E-state index in [9.17, 15) is 14.4 Å². The summed E-state index contributed by atoms with van der Waals surface area (Å²) in [5, 5.41) is 0. The summed E-state index contributed by atoms with van der Waals surface area (Å²) in [5.41, 5.74) is -0.154. The molecule has 4 aliphatic rings. The Hall–Kier alpha value is -2.23. The van der Waals surface area contributed by atoms with Crippen LogP contribution < -0.4 is 5.90 Å². The monoisotopic (exact) mass is 363 g/mol. The van der Waals surface area contributed by atoms with Gasteiger partial charge in [0.05, 0.1) is 31.2 Å². The van der Waals surface area contributed by atoms with Crippen molar-refractivity contribution < 1.29 is 28.7 Å². The third kappa shape index (κ3) is 1.77. The summed E-state index contributed by atoms with van der Waals surface area (Å²) >= 11 is 0. The predicted molar refractivity (Wildman–Crippen MR) is 86.9 cm³/mol. The third-order valence-corrected chi connectivity index (χ3v) is 6.21. The van der Waals surface area contributed by atoms with E-state index in [0.717, 1.165) is 0 Å². The molecule has 1 unspecified atom stereocenters. The van der Waals surface area contributed by atoms with E-state index >= 15 is 0 Å². The quantitative estimate of drug-likeness (QED) is 0.385. The summed E-state index contributed by atoms with van der Waals surface area (Å²) in [5.74, 6) is 3.04. The standard InChI is InChI=1S/C17H21N3O6/c1-7-13(22)12-11(14(23)15(7)24-3)8(5-10(21)26-18)17(25-4)16-9(19(16)2)6-20(12)17/h8-9,16H,5-6,18H2,1-4H3/t8-,9+,16+,17-,19?/m1/s1. The highest BCUT2D eigenvalue weighted by molar-refractivity contribution is 6.25. The number of methoxy groups -OCH3 is 2. The van der Waals surface area contributed by atoms with Crippen molar-refractivity contribution in [3.8, 4) is 0 Å². The fraction of sp³-hybridized carbons (Fsp3) is 0.588. The number of allylic oxidation sites excluding steroid dienone is 2. The summed E-state index contributed by atoms with van der Waals surface area (Å²) in [6.07, 6.45) is -0.161. The van der Waals surface area contributed by atoms with Gasteiger partial charge in [-0.05, 0) is 14.0 Å². The van der Waals surface area contributed by atoms with Gasteiger partial charge in [-0.25, -0.2) is 0 Å². The number of nitrogens with zero attached hydrogens (tertiary/aromatic N) is 2. The molecule has 0 aromatic rings. The maximum atomic E-state index is 13.1. The molecular weight excluding hydrogens is 342 g/mol. The van der Waals surface area contributed by atoms with Gasteiger partial charge in [0, 0.05) is 30.8 Å². The molecule has 1 aliphatic carbocycles. The minimum absolute atomic E-state index is 0.00740. The van der Waals surface area contributed by atoms with Gasteiger partial charge in [-0.3, -0.25) is 19.3 Å². The number of carbonyl (C=O) groups excluding carboxylic acids is 3. The van der Waals surface area contributed by atoms with Crippen molar-refractivity contribution >= 4 is 17.5 Å². The van der Waals surface area contributed by atoms with Gasteiger partial charge < -0.3 is 19.2 Å². The molecule has 2 fully saturated rings. The van der Waals surface area contributed by atoms with Crippen LogP contribution in [0, 0.1) is 5.92 Å². The van der Waals surface area contributed by atoms with Gasteiger partial charge in [-0.1, -0.05) is 0 Å². The lowest BCUT2D eigenvalue weighted by atomic mass is 9.80. The smallest absolute Gasteiger partial charge is 0.325 e. The topological polar surface area (TPSA) is 111 Å². The molecule has 2 saturated heterocycles. The Morgan fingerprint density at radius 2 is 2.00 bits per heavy atom.